The fourth-order valence-corrected chi connectivity index (χ4v) is 4.90. The highest BCUT2D eigenvalue weighted by atomic mass is 19.1. The van der Waals surface area contributed by atoms with Gasteiger partial charge in [-0.15, -0.1) is 0 Å². The van der Waals surface area contributed by atoms with E-state index in [2.05, 4.69) is 0 Å². The Morgan fingerprint density at radius 2 is 1.93 bits per heavy atom. The monoisotopic (exact) mass is 416 g/mol. The smallest absolute Gasteiger partial charge is 0.341 e. The first-order valence-electron chi connectivity index (χ1n) is 10.0. The van der Waals surface area contributed by atoms with Gasteiger partial charge in [-0.1, -0.05) is 12.2 Å². The van der Waals surface area contributed by atoms with Crippen molar-refractivity contribution in [2.45, 2.75) is 31.3 Å². The molecule has 2 aromatic rings. The molecule has 158 valence electrons. The second kappa shape index (κ2) is 6.53. The molecule has 1 saturated carbocycles. The number of nitrogen functional groups attached to an aromatic ring is 1. The van der Waals surface area contributed by atoms with Gasteiger partial charge in [-0.2, -0.15) is 0 Å². The highest BCUT2D eigenvalue weighted by molar-refractivity contribution is 5.99. The van der Waals surface area contributed by atoms with Gasteiger partial charge in [0.1, 0.15) is 11.3 Å². The van der Waals surface area contributed by atoms with Crippen molar-refractivity contribution in [2.24, 2.45) is 17.6 Å². The van der Waals surface area contributed by atoms with Crippen LogP contribution in [0.4, 0.5) is 20.2 Å². The minimum absolute atomic E-state index is 0.0748. The zero-order valence-electron chi connectivity index (χ0n) is 16.1. The Kier molecular flexibility index (Phi) is 4.15. The number of benzene rings is 1. The fraction of sp³-hybridized carbons (Fsp3) is 0.429. The maximum Gasteiger partial charge on any atom is 0.341 e. The summed E-state index contributed by atoms with van der Waals surface area (Å²) < 4.78 is 32.6. The third-order valence-electron chi connectivity index (χ3n) is 6.61. The molecule has 1 aliphatic heterocycles. The van der Waals surface area contributed by atoms with Gasteiger partial charge in [-0.25, -0.2) is 13.6 Å². The van der Waals surface area contributed by atoms with Gasteiger partial charge in [0.2, 0.25) is 5.43 Å². The first-order chi connectivity index (χ1) is 14.3. The van der Waals surface area contributed by atoms with E-state index in [0.29, 0.717) is 13.1 Å². The number of anilines is 2. The summed E-state index contributed by atoms with van der Waals surface area (Å²) in [5, 5.41) is 8.98. The van der Waals surface area contributed by atoms with Gasteiger partial charge >= 0.3 is 5.97 Å². The number of halogens is 2. The Morgan fingerprint density at radius 1 is 1.20 bits per heavy atom. The van der Waals surface area contributed by atoms with Crippen molar-refractivity contribution in [3.8, 4) is 0 Å². The lowest BCUT2D eigenvalue weighted by Crippen LogP contribution is -2.36. The molecule has 2 heterocycles. The Bertz CT molecular complexity index is 1170. The van der Waals surface area contributed by atoms with E-state index in [0.717, 1.165) is 25.5 Å². The lowest BCUT2D eigenvalue weighted by molar-refractivity contribution is 0.0695. The van der Waals surface area contributed by atoms with Gasteiger partial charge in [-0.3, -0.25) is 4.79 Å². The van der Waals surface area contributed by atoms with Crippen molar-refractivity contribution in [2.75, 3.05) is 23.7 Å². The van der Waals surface area contributed by atoms with E-state index >= 15 is 8.78 Å². The van der Waals surface area contributed by atoms with Gasteiger partial charge in [0.05, 0.1) is 16.6 Å². The number of rotatable bonds is 3. The van der Waals surface area contributed by atoms with E-state index in [1.165, 1.54) is 4.57 Å². The lowest BCUT2D eigenvalue weighted by atomic mass is 9.83. The predicted molar refractivity (Wildman–Crippen MR) is 109 cm³/mol. The van der Waals surface area contributed by atoms with Gasteiger partial charge in [0, 0.05) is 37.3 Å². The molecule has 3 unspecified atom stereocenters. The molecule has 3 atom stereocenters. The maximum absolute atomic E-state index is 15.8. The third-order valence-corrected chi connectivity index (χ3v) is 6.61. The molecule has 30 heavy (non-hydrogen) atoms. The quantitative estimate of drug-likeness (QED) is 0.522. The maximum atomic E-state index is 15.8. The number of carboxylic acid groups (broad SMARTS) is 1. The molecular weight excluding hydrogens is 394 g/mol. The largest absolute Gasteiger partial charge is 0.477 e. The van der Waals surface area contributed by atoms with Crippen LogP contribution in [0.3, 0.4) is 0 Å². The van der Waals surface area contributed by atoms with Crippen LogP contribution in [0, 0.1) is 23.5 Å². The standard InChI is InChI=1S/C21H22F2N4O3/c22-15-17(25)14-18(27(10-4-5-10)8-12(20(14)28)21(29)30)16(23)19(15)26-6-9-2-1-3-13(24)11(9)7-26/h1-2,8-11,13H,3-7,24-25H2,(H,29,30). The van der Waals surface area contributed by atoms with Crippen LogP contribution in [0.15, 0.2) is 23.1 Å². The summed E-state index contributed by atoms with van der Waals surface area (Å²) in [6.45, 7) is 0.782. The van der Waals surface area contributed by atoms with Gasteiger partial charge in [-0.05, 0) is 25.2 Å². The summed E-state index contributed by atoms with van der Waals surface area (Å²) in [7, 11) is 0. The van der Waals surface area contributed by atoms with Crippen molar-refractivity contribution in [3.63, 3.8) is 0 Å². The number of carboxylic acids is 1. The summed E-state index contributed by atoms with van der Waals surface area (Å²) in [6.07, 6.45) is 7.34. The number of hydrogen-bond acceptors (Lipinski definition) is 5. The molecule has 1 aromatic heterocycles. The van der Waals surface area contributed by atoms with Gasteiger partial charge in [0.15, 0.2) is 11.6 Å². The SMILES string of the molecule is Nc1c(F)c(N2CC3C=CCC(N)C3C2)c(F)c2c1c(=O)c(C(=O)O)cn2C1CC1. The summed E-state index contributed by atoms with van der Waals surface area (Å²) in [6, 6.07) is -0.229. The van der Waals surface area contributed by atoms with Crippen LogP contribution in [-0.2, 0) is 0 Å². The van der Waals surface area contributed by atoms with Crippen LogP contribution >= 0.6 is 0 Å². The molecule has 5 rings (SSSR count). The highest BCUT2D eigenvalue weighted by Crippen LogP contribution is 2.43. The molecule has 5 N–H and O–H groups in total. The first-order valence-corrected chi connectivity index (χ1v) is 10.0. The van der Waals surface area contributed by atoms with Crippen LogP contribution < -0.4 is 21.8 Å². The number of carbonyl (C=O) groups is 1. The molecule has 7 nitrogen and oxygen atoms in total. The number of fused-ring (bicyclic) bond motifs is 2. The zero-order valence-corrected chi connectivity index (χ0v) is 16.1. The fourth-order valence-electron chi connectivity index (χ4n) is 4.90. The van der Waals surface area contributed by atoms with E-state index in [-0.39, 0.29) is 35.1 Å². The number of nitrogens with two attached hydrogens (primary N) is 2. The molecule has 3 aliphatic rings. The van der Waals surface area contributed by atoms with Crippen molar-refractivity contribution in [1.29, 1.82) is 0 Å². The average Bonchev–Trinajstić information content (AvgIpc) is 3.45. The first kappa shape index (κ1) is 19.0. The minimum Gasteiger partial charge on any atom is -0.477 e. The van der Waals surface area contributed by atoms with Crippen molar-refractivity contribution >= 4 is 28.2 Å². The molecule has 1 aromatic carbocycles. The van der Waals surface area contributed by atoms with E-state index in [1.807, 2.05) is 12.2 Å². The van der Waals surface area contributed by atoms with Crippen molar-refractivity contribution in [1.82, 2.24) is 4.57 Å². The van der Waals surface area contributed by atoms with E-state index in [4.69, 9.17) is 11.5 Å². The molecule has 1 saturated heterocycles. The Morgan fingerprint density at radius 3 is 2.57 bits per heavy atom. The predicted octanol–water partition coefficient (Wildman–Crippen LogP) is 2.23. The number of aromatic carboxylic acids is 1. The van der Waals surface area contributed by atoms with E-state index < -0.39 is 39.7 Å². The minimum atomic E-state index is -1.45. The summed E-state index contributed by atoms with van der Waals surface area (Å²) >= 11 is 0. The van der Waals surface area contributed by atoms with Crippen LogP contribution in [0.25, 0.3) is 10.9 Å². The van der Waals surface area contributed by atoms with Crippen LogP contribution in [-0.4, -0.2) is 34.8 Å². The van der Waals surface area contributed by atoms with Gasteiger partial charge in [0.25, 0.3) is 0 Å². The number of pyridine rings is 1. The summed E-state index contributed by atoms with van der Waals surface area (Å²) in [4.78, 5) is 25.9. The Balaban J connectivity index is 1.75. The zero-order chi connectivity index (χ0) is 21.3. The van der Waals surface area contributed by atoms with Crippen molar-refractivity contribution < 1.29 is 18.7 Å². The third kappa shape index (κ3) is 2.64. The average molecular weight is 416 g/mol. The Labute approximate surface area is 170 Å². The lowest BCUT2D eigenvalue weighted by Gasteiger charge is -2.25. The van der Waals surface area contributed by atoms with Gasteiger partial charge < -0.3 is 26.0 Å². The molecule has 2 fully saturated rings. The molecule has 0 amide bonds. The van der Waals surface area contributed by atoms with Crippen molar-refractivity contribution in [3.05, 3.63) is 45.8 Å². The normalized spacial score (nSPS) is 25.7. The second-order valence-corrected chi connectivity index (χ2v) is 8.49. The molecule has 9 heteroatoms. The van der Waals surface area contributed by atoms with E-state index in [1.54, 1.807) is 4.90 Å². The second-order valence-electron chi connectivity index (χ2n) is 8.49. The molecule has 2 aliphatic carbocycles. The highest BCUT2D eigenvalue weighted by Gasteiger charge is 2.40. The molecule has 0 spiro atoms. The number of nitrogens with zero attached hydrogens (tertiary/aromatic N) is 2. The number of aromatic nitrogens is 1. The van der Waals surface area contributed by atoms with Crippen LogP contribution in [0.2, 0.25) is 0 Å². The van der Waals surface area contributed by atoms with Crippen LogP contribution in [0.1, 0.15) is 35.7 Å². The molecule has 0 radical (unpaired) electrons. The summed E-state index contributed by atoms with van der Waals surface area (Å²) in [5.74, 6) is -3.20. The van der Waals surface area contributed by atoms with Crippen LogP contribution in [0.5, 0.6) is 0 Å². The number of hydrogen-bond donors (Lipinski definition) is 3. The summed E-state index contributed by atoms with van der Waals surface area (Å²) in [5.41, 5.74) is 9.74. The van der Waals surface area contributed by atoms with E-state index in [9.17, 15) is 14.7 Å². The molecular formula is C21H22F2N4O3. The topological polar surface area (TPSA) is 115 Å². The molecule has 0 bridgehead atoms. The Hall–Kier alpha value is -2.94.